The van der Waals surface area contributed by atoms with E-state index in [1.54, 1.807) is 0 Å². The highest BCUT2D eigenvalue weighted by Gasteiger charge is 2.38. The summed E-state index contributed by atoms with van der Waals surface area (Å²) in [5.41, 5.74) is 1.55. The molecule has 1 aliphatic heterocycles. The molecule has 2 N–H and O–H groups in total. The van der Waals surface area contributed by atoms with Gasteiger partial charge in [0.15, 0.2) is 0 Å². The van der Waals surface area contributed by atoms with Gasteiger partial charge in [-0.15, -0.1) is 0 Å². The van der Waals surface area contributed by atoms with E-state index in [1.165, 1.54) is 23.3 Å². The topological polar surface area (TPSA) is 44.7 Å². The molecule has 0 bridgehead atoms. The smallest absolute Gasteiger partial charge is 0.417 e. The summed E-state index contributed by atoms with van der Waals surface area (Å²) in [6, 6.07) is 7.78. The number of halogens is 4. The van der Waals surface area contributed by atoms with Gasteiger partial charge in [-0.3, -0.25) is 4.90 Å². The third-order valence-electron chi connectivity index (χ3n) is 6.56. The van der Waals surface area contributed by atoms with Crippen LogP contribution < -0.4 is 10.1 Å². The molecular formula is C25H32ClF3N2O2. The third kappa shape index (κ3) is 6.21. The fourth-order valence-electron chi connectivity index (χ4n) is 4.25. The van der Waals surface area contributed by atoms with Crippen LogP contribution in [0.15, 0.2) is 30.3 Å². The molecule has 0 saturated carbocycles. The number of ether oxygens (including phenoxy) is 1. The molecular weight excluding hydrogens is 453 g/mol. The van der Waals surface area contributed by atoms with Crippen LogP contribution >= 0.6 is 11.6 Å². The Balaban J connectivity index is 1.64. The summed E-state index contributed by atoms with van der Waals surface area (Å²) in [5, 5.41) is 13.9. The van der Waals surface area contributed by atoms with Crippen molar-refractivity contribution in [3.63, 3.8) is 0 Å². The van der Waals surface area contributed by atoms with Crippen LogP contribution in [0.2, 0.25) is 5.02 Å². The highest BCUT2D eigenvalue weighted by Crippen LogP contribution is 2.40. The van der Waals surface area contributed by atoms with Crippen molar-refractivity contribution in [2.24, 2.45) is 0 Å². The van der Waals surface area contributed by atoms with Crippen LogP contribution in [0.3, 0.4) is 0 Å². The molecule has 182 valence electrons. The minimum Gasteiger partial charge on any atom is -0.493 e. The molecule has 8 heteroatoms. The van der Waals surface area contributed by atoms with E-state index in [-0.39, 0.29) is 10.6 Å². The molecule has 1 heterocycles. The number of nitrogens with zero attached hydrogens (tertiary/aromatic N) is 1. The highest BCUT2D eigenvalue weighted by molar-refractivity contribution is 6.31. The van der Waals surface area contributed by atoms with Crippen LogP contribution in [-0.4, -0.2) is 43.3 Å². The average Bonchev–Trinajstić information content (AvgIpc) is 2.77. The molecule has 0 aliphatic carbocycles. The lowest BCUT2D eigenvalue weighted by atomic mass is 9.83. The number of aliphatic hydroxyl groups is 1. The molecule has 1 aliphatic rings. The lowest BCUT2D eigenvalue weighted by Gasteiger charge is -2.39. The second-order valence-corrected chi connectivity index (χ2v) is 9.19. The molecule has 2 aromatic rings. The summed E-state index contributed by atoms with van der Waals surface area (Å²) in [6.07, 6.45) is -2.90. The van der Waals surface area contributed by atoms with Gasteiger partial charge in [-0.25, -0.2) is 0 Å². The Labute approximate surface area is 198 Å². The Morgan fingerprint density at radius 3 is 2.45 bits per heavy atom. The zero-order chi connectivity index (χ0) is 24.2. The summed E-state index contributed by atoms with van der Waals surface area (Å²) in [6.45, 7) is 7.59. The van der Waals surface area contributed by atoms with Crippen LogP contribution in [0, 0.1) is 13.8 Å². The molecule has 0 amide bonds. The average molecular weight is 485 g/mol. The fraction of sp³-hybridized carbons (Fsp3) is 0.520. The largest absolute Gasteiger partial charge is 0.493 e. The van der Waals surface area contributed by atoms with E-state index in [1.807, 2.05) is 13.1 Å². The van der Waals surface area contributed by atoms with E-state index in [2.05, 4.69) is 30.1 Å². The maximum Gasteiger partial charge on any atom is 0.417 e. The molecule has 1 fully saturated rings. The molecule has 4 nitrogen and oxygen atoms in total. The molecule has 0 spiro atoms. The summed E-state index contributed by atoms with van der Waals surface area (Å²) in [4.78, 5) is 2.23. The van der Waals surface area contributed by atoms with Gasteiger partial charge >= 0.3 is 6.18 Å². The summed E-state index contributed by atoms with van der Waals surface area (Å²) < 4.78 is 45.6. The SMILES string of the molecule is CNCCCOc1ccc(CN2CCC(O)(c3ccc(Cl)c(C(F)(F)F)c3)CC2)c(C)c1C. The van der Waals surface area contributed by atoms with Crippen LogP contribution in [0.1, 0.15) is 47.1 Å². The van der Waals surface area contributed by atoms with Gasteiger partial charge in [0.05, 0.1) is 22.8 Å². The van der Waals surface area contributed by atoms with Gasteiger partial charge in [0.1, 0.15) is 5.75 Å². The number of rotatable bonds is 8. The number of likely N-dealkylation sites (tertiary alicyclic amines) is 1. The van der Waals surface area contributed by atoms with E-state index < -0.39 is 17.3 Å². The number of alkyl halides is 3. The monoisotopic (exact) mass is 484 g/mol. The predicted octanol–water partition coefficient (Wildman–Crippen LogP) is 5.45. The maximum atomic E-state index is 13.2. The van der Waals surface area contributed by atoms with E-state index >= 15 is 0 Å². The molecule has 0 radical (unpaired) electrons. The van der Waals surface area contributed by atoms with Gasteiger partial charge in [-0.2, -0.15) is 13.2 Å². The van der Waals surface area contributed by atoms with Crippen molar-refractivity contribution in [2.75, 3.05) is 33.3 Å². The minimum absolute atomic E-state index is 0.269. The van der Waals surface area contributed by atoms with Crippen molar-refractivity contribution in [3.05, 3.63) is 63.2 Å². The number of piperidine rings is 1. The molecule has 2 aromatic carbocycles. The molecule has 33 heavy (non-hydrogen) atoms. The molecule has 0 atom stereocenters. The lowest BCUT2D eigenvalue weighted by Crippen LogP contribution is -2.42. The quantitative estimate of drug-likeness (QED) is 0.489. The molecule has 3 rings (SSSR count). The minimum atomic E-state index is -4.55. The highest BCUT2D eigenvalue weighted by atomic mass is 35.5. The van der Waals surface area contributed by atoms with Crippen molar-refractivity contribution in [2.45, 2.75) is 51.4 Å². The van der Waals surface area contributed by atoms with Crippen LogP contribution in [0.25, 0.3) is 0 Å². The standard InChI is InChI=1S/C25H32ClF3N2O2/c1-17-18(2)23(33-14-4-11-30-3)8-5-19(17)16-31-12-9-24(32,10-13-31)20-6-7-22(26)21(15-20)25(27,28)29/h5-8,15,30,32H,4,9-14,16H2,1-3H3. The van der Waals surface area contributed by atoms with E-state index in [0.29, 0.717) is 32.5 Å². The van der Waals surface area contributed by atoms with Gasteiger partial charge in [0.2, 0.25) is 0 Å². The second-order valence-electron chi connectivity index (χ2n) is 8.78. The van der Waals surface area contributed by atoms with E-state index in [9.17, 15) is 18.3 Å². The van der Waals surface area contributed by atoms with Crippen LogP contribution in [-0.2, 0) is 18.3 Å². The number of nitrogens with one attached hydrogen (secondary N) is 1. The summed E-state index contributed by atoms with van der Waals surface area (Å²) >= 11 is 5.74. The zero-order valence-corrected chi connectivity index (χ0v) is 20.1. The Morgan fingerprint density at radius 1 is 1.12 bits per heavy atom. The lowest BCUT2D eigenvalue weighted by molar-refractivity contribution is -0.137. The Hall–Kier alpha value is -1.80. The molecule has 0 unspecified atom stereocenters. The van der Waals surface area contributed by atoms with Gasteiger partial charge in [-0.05, 0) is 87.2 Å². The first-order valence-corrected chi connectivity index (χ1v) is 11.6. The van der Waals surface area contributed by atoms with Gasteiger partial charge in [0.25, 0.3) is 0 Å². The van der Waals surface area contributed by atoms with E-state index in [4.69, 9.17) is 16.3 Å². The summed E-state index contributed by atoms with van der Waals surface area (Å²) in [7, 11) is 1.92. The zero-order valence-electron chi connectivity index (χ0n) is 19.4. The number of hydrogen-bond donors (Lipinski definition) is 2. The molecule has 1 saturated heterocycles. The first-order chi connectivity index (χ1) is 15.5. The van der Waals surface area contributed by atoms with Crippen molar-refractivity contribution in [1.29, 1.82) is 0 Å². The van der Waals surface area contributed by atoms with Crippen LogP contribution in [0.5, 0.6) is 5.75 Å². The van der Waals surface area contributed by atoms with Gasteiger partial charge in [0, 0.05) is 19.6 Å². The van der Waals surface area contributed by atoms with Crippen LogP contribution in [0.4, 0.5) is 13.2 Å². The van der Waals surface area contributed by atoms with Gasteiger partial charge in [-0.1, -0.05) is 23.7 Å². The van der Waals surface area contributed by atoms with Gasteiger partial charge < -0.3 is 15.2 Å². The maximum absolute atomic E-state index is 13.2. The van der Waals surface area contributed by atoms with E-state index in [0.717, 1.165) is 36.9 Å². The Kier molecular flexibility index (Phi) is 8.32. The van der Waals surface area contributed by atoms with Crippen molar-refractivity contribution >= 4 is 11.6 Å². The van der Waals surface area contributed by atoms with Crippen molar-refractivity contribution < 1.29 is 23.0 Å². The Bertz CT molecular complexity index is 957. The first kappa shape index (κ1) is 25.8. The normalized spacial score (nSPS) is 16.7. The fourth-order valence-corrected chi connectivity index (χ4v) is 4.48. The predicted molar refractivity (Wildman–Crippen MR) is 125 cm³/mol. The number of benzene rings is 2. The number of hydrogen-bond acceptors (Lipinski definition) is 4. The molecule has 0 aromatic heterocycles. The third-order valence-corrected chi connectivity index (χ3v) is 6.89. The van der Waals surface area contributed by atoms with Crippen molar-refractivity contribution in [3.8, 4) is 5.75 Å². The first-order valence-electron chi connectivity index (χ1n) is 11.2. The van der Waals surface area contributed by atoms with Crippen molar-refractivity contribution in [1.82, 2.24) is 10.2 Å². The second kappa shape index (κ2) is 10.6. The summed E-state index contributed by atoms with van der Waals surface area (Å²) in [5.74, 6) is 0.892. The Morgan fingerprint density at radius 2 is 1.82 bits per heavy atom.